The topological polar surface area (TPSA) is 176 Å². The third-order valence-electron chi connectivity index (χ3n) is 8.60. The van der Waals surface area contributed by atoms with Crippen LogP contribution in [0.15, 0.2) is 118 Å². The fourth-order valence-corrected chi connectivity index (χ4v) is 6.54. The lowest BCUT2D eigenvalue weighted by atomic mass is 10.0. The average Bonchev–Trinajstić information content (AvgIpc) is 3.12. The molecule has 0 spiro atoms. The van der Waals surface area contributed by atoms with E-state index >= 15 is 0 Å². The summed E-state index contributed by atoms with van der Waals surface area (Å²) in [6.07, 6.45) is 3.10. The van der Waals surface area contributed by atoms with Crippen LogP contribution < -0.4 is 15.4 Å². The van der Waals surface area contributed by atoms with E-state index in [1.165, 1.54) is 18.2 Å². The molecule has 0 unspecified atom stereocenters. The Morgan fingerprint density at radius 3 is 2.21 bits per heavy atom. The van der Waals surface area contributed by atoms with E-state index in [1.807, 2.05) is 81.4 Å². The number of anilines is 4. The first-order chi connectivity index (χ1) is 25.3. The standard InChI is InChI=1S/C40H35N5O7S/c1-24-19-32(14-12-27(24)10-11-28-13-16-33(45(47)48)22-38(28)53(49,50)51)43-44-35-23-37(52-4)36(20-25(35)2)42-39-26(3)18-29-21-31(15-17-34(29)40(39)46)41-30-8-6-5-7-9-30/h5-23,41-42,46H,1-4H3,(H,49,50,51)/b11-10-,44-43?. The van der Waals surface area contributed by atoms with Crippen LogP contribution in [0.4, 0.5) is 39.8 Å². The van der Waals surface area contributed by atoms with Crippen molar-refractivity contribution < 1.29 is 27.7 Å². The van der Waals surface area contributed by atoms with E-state index in [9.17, 15) is 28.2 Å². The van der Waals surface area contributed by atoms with Gasteiger partial charge in [-0.05, 0) is 115 Å². The van der Waals surface area contributed by atoms with Gasteiger partial charge in [0, 0.05) is 35.0 Å². The molecule has 0 amide bonds. The summed E-state index contributed by atoms with van der Waals surface area (Å²) >= 11 is 0. The number of azo groups is 1. The first-order valence-electron chi connectivity index (χ1n) is 16.3. The van der Waals surface area contributed by atoms with Gasteiger partial charge in [-0.3, -0.25) is 14.7 Å². The molecule has 0 saturated heterocycles. The zero-order valence-electron chi connectivity index (χ0n) is 29.2. The molecular weight excluding hydrogens is 695 g/mol. The summed E-state index contributed by atoms with van der Waals surface area (Å²) in [5, 5.41) is 39.7. The summed E-state index contributed by atoms with van der Waals surface area (Å²) in [5.74, 6) is 0.619. The number of nitro benzene ring substituents is 1. The highest BCUT2D eigenvalue weighted by Gasteiger charge is 2.19. The van der Waals surface area contributed by atoms with E-state index in [-0.39, 0.29) is 11.3 Å². The molecule has 12 nitrogen and oxygen atoms in total. The minimum absolute atomic E-state index is 0.0975. The highest BCUT2D eigenvalue weighted by molar-refractivity contribution is 7.86. The normalized spacial score (nSPS) is 11.7. The Morgan fingerprint density at radius 2 is 1.51 bits per heavy atom. The molecule has 0 aliphatic rings. The number of hydrogen-bond donors (Lipinski definition) is 4. The van der Waals surface area contributed by atoms with Gasteiger partial charge < -0.3 is 20.5 Å². The number of methoxy groups -OCH3 is 1. The maximum absolute atomic E-state index is 11.9. The summed E-state index contributed by atoms with van der Waals surface area (Å²) in [5.41, 5.74) is 7.03. The van der Waals surface area contributed by atoms with Crippen LogP contribution in [-0.4, -0.2) is 30.1 Å². The Hall–Kier alpha value is -6.57. The van der Waals surface area contributed by atoms with Gasteiger partial charge in [-0.1, -0.05) is 36.4 Å². The number of phenols is 1. The number of phenolic OH excluding ortho intramolecular Hbond substituents is 1. The molecule has 53 heavy (non-hydrogen) atoms. The quantitative estimate of drug-likeness (QED) is 0.0252. The van der Waals surface area contributed by atoms with Gasteiger partial charge in [0.1, 0.15) is 16.4 Å². The first-order valence-corrected chi connectivity index (χ1v) is 17.7. The van der Waals surface area contributed by atoms with Gasteiger partial charge in [-0.2, -0.15) is 18.6 Å². The van der Waals surface area contributed by atoms with Gasteiger partial charge in [0.2, 0.25) is 0 Å². The predicted molar refractivity (Wildman–Crippen MR) is 208 cm³/mol. The van der Waals surface area contributed by atoms with Gasteiger partial charge in [0.15, 0.2) is 0 Å². The maximum Gasteiger partial charge on any atom is 0.295 e. The van der Waals surface area contributed by atoms with Crippen LogP contribution in [0.1, 0.15) is 27.8 Å². The summed E-state index contributed by atoms with van der Waals surface area (Å²) in [6.45, 7) is 5.67. The van der Waals surface area contributed by atoms with E-state index in [4.69, 9.17) is 4.74 Å². The Bertz CT molecular complexity index is 2550. The predicted octanol–water partition coefficient (Wildman–Crippen LogP) is 10.7. The van der Waals surface area contributed by atoms with Crippen LogP contribution in [0.2, 0.25) is 0 Å². The van der Waals surface area contributed by atoms with Crippen molar-refractivity contribution in [1.82, 2.24) is 0 Å². The van der Waals surface area contributed by atoms with Crippen molar-refractivity contribution in [2.24, 2.45) is 10.2 Å². The first kappa shape index (κ1) is 36.2. The molecule has 0 aliphatic heterocycles. The lowest BCUT2D eigenvalue weighted by Gasteiger charge is -2.18. The van der Waals surface area contributed by atoms with Crippen molar-refractivity contribution in [3.05, 3.63) is 141 Å². The maximum atomic E-state index is 11.9. The number of nitro groups is 1. The van der Waals surface area contributed by atoms with Crippen molar-refractivity contribution in [2.75, 3.05) is 17.7 Å². The Balaban J connectivity index is 1.21. The molecule has 4 N–H and O–H groups in total. The van der Waals surface area contributed by atoms with E-state index < -0.39 is 25.6 Å². The molecule has 6 aromatic carbocycles. The van der Waals surface area contributed by atoms with Crippen LogP contribution in [-0.2, 0) is 10.1 Å². The molecule has 0 bridgehead atoms. The highest BCUT2D eigenvalue weighted by Crippen LogP contribution is 2.42. The summed E-state index contributed by atoms with van der Waals surface area (Å²) in [7, 11) is -3.15. The van der Waals surface area contributed by atoms with Crippen molar-refractivity contribution in [3.8, 4) is 11.5 Å². The number of hydrogen-bond acceptors (Lipinski definition) is 10. The van der Waals surface area contributed by atoms with Gasteiger partial charge in [-0.15, -0.1) is 0 Å². The molecule has 0 aliphatic carbocycles. The summed E-state index contributed by atoms with van der Waals surface area (Å²) in [4.78, 5) is 9.81. The molecule has 6 rings (SSSR count). The number of benzene rings is 6. The van der Waals surface area contributed by atoms with Gasteiger partial charge in [-0.25, -0.2) is 0 Å². The van der Waals surface area contributed by atoms with Gasteiger partial charge in [0.05, 0.1) is 34.8 Å². The molecule has 6 aromatic rings. The minimum Gasteiger partial charge on any atom is -0.505 e. The number of non-ortho nitro benzene ring substituents is 1. The zero-order valence-corrected chi connectivity index (χ0v) is 30.0. The Kier molecular flexibility index (Phi) is 10.2. The van der Waals surface area contributed by atoms with Gasteiger partial charge in [0.25, 0.3) is 15.8 Å². The molecule has 0 atom stereocenters. The number of aromatic hydroxyl groups is 1. The van der Waals surface area contributed by atoms with Crippen molar-refractivity contribution in [3.63, 3.8) is 0 Å². The second kappa shape index (κ2) is 15.0. The largest absolute Gasteiger partial charge is 0.505 e. The SMILES string of the molecule is COc1cc(N=Nc2ccc(/C=C\c3ccc([N+](=O)[O-])cc3S(=O)(=O)O)c(C)c2)c(C)cc1Nc1c(C)cc2cc(Nc3ccccc3)ccc2c1O. The summed E-state index contributed by atoms with van der Waals surface area (Å²) < 4.78 is 39.1. The number of aryl methyl sites for hydroxylation is 3. The third-order valence-corrected chi connectivity index (χ3v) is 9.51. The minimum atomic E-state index is -4.70. The molecular formula is C40H35N5O7S. The van der Waals surface area contributed by atoms with Crippen LogP contribution in [0, 0.1) is 30.9 Å². The van der Waals surface area contributed by atoms with Crippen LogP contribution >= 0.6 is 0 Å². The number of fused-ring (bicyclic) bond motifs is 1. The number of para-hydroxylation sites is 1. The van der Waals surface area contributed by atoms with E-state index in [0.717, 1.165) is 45.1 Å². The zero-order chi connectivity index (χ0) is 37.9. The van der Waals surface area contributed by atoms with Crippen LogP contribution in [0.3, 0.4) is 0 Å². The molecule has 268 valence electrons. The lowest BCUT2D eigenvalue weighted by molar-refractivity contribution is -0.385. The Morgan fingerprint density at radius 1 is 0.774 bits per heavy atom. The van der Waals surface area contributed by atoms with E-state index in [0.29, 0.717) is 33.9 Å². The van der Waals surface area contributed by atoms with Crippen molar-refractivity contribution >= 4 is 72.9 Å². The van der Waals surface area contributed by atoms with Crippen molar-refractivity contribution in [1.29, 1.82) is 0 Å². The number of nitrogens with zero attached hydrogens (tertiary/aromatic N) is 3. The monoisotopic (exact) mass is 729 g/mol. The molecule has 0 fully saturated rings. The molecule has 0 saturated carbocycles. The van der Waals surface area contributed by atoms with Crippen LogP contribution in [0.5, 0.6) is 11.5 Å². The third kappa shape index (κ3) is 8.17. The van der Waals surface area contributed by atoms with E-state index in [2.05, 4.69) is 20.9 Å². The molecule has 0 aromatic heterocycles. The fourth-order valence-electron chi connectivity index (χ4n) is 5.83. The smallest absolute Gasteiger partial charge is 0.295 e. The number of nitrogens with one attached hydrogen (secondary N) is 2. The Labute approximate surface area is 306 Å². The average molecular weight is 730 g/mol. The lowest BCUT2D eigenvalue weighted by Crippen LogP contribution is -2.02. The van der Waals surface area contributed by atoms with Crippen molar-refractivity contribution in [2.45, 2.75) is 25.7 Å². The van der Waals surface area contributed by atoms with E-state index in [1.54, 1.807) is 37.5 Å². The molecule has 0 radical (unpaired) electrons. The number of ether oxygens (including phenoxy) is 1. The van der Waals surface area contributed by atoms with Crippen LogP contribution in [0.25, 0.3) is 22.9 Å². The summed E-state index contributed by atoms with van der Waals surface area (Å²) in [6, 6.07) is 29.9. The number of rotatable bonds is 11. The molecule has 13 heteroatoms. The highest BCUT2D eigenvalue weighted by atomic mass is 32.2. The second-order valence-electron chi connectivity index (χ2n) is 12.3. The van der Waals surface area contributed by atoms with Gasteiger partial charge >= 0.3 is 0 Å². The second-order valence-corrected chi connectivity index (χ2v) is 13.7. The fraction of sp³-hybridized carbons (Fsp3) is 0.100. The molecule has 0 heterocycles.